The number of anilines is 1. The first-order valence-corrected chi connectivity index (χ1v) is 8.66. The van der Waals surface area contributed by atoms with E-state index in [9.17, 15) is 0 Å². The Balaban J connectivity index is 2.12. The fourth-order valence-electron chi connectivity index (χ4n) is 2.46. The molecule has 0 unspecified atom stereocenters. The lowest BCUT2D eigenvalue weighted by molar-refractivity contribution is 0.354. The van der Waals surface area contributed by atoms with Gasteiger partial charge < -0.3 is 14.8 Å². The summed E-state index contributed by atoms with van der Waals surface area (Å²) in [5, 5.41) is 3.37. The fourth-order valence-corrected chi connectivity index (χ4v) is 2.66. The zero-order valence-corrected chi connectivity index (χ0v) is 16.3. The molecule has 0 bridgehead atoms. The van der Waals surface area contributed by atoms with Gasteiger partial charge in [0.1, 0.15) is 10.3 Å². The first-order chi connectivity index (χ1) is 12.0. The van der Waals surface area contributed by atoms with Crippen LogP contribution in [-0.4, -0.2) is 25.7 Å². The molecule has 0 saturated carbocycles. The molecule has 0 aliphatic carbocycles. The summed E-state index contributed by atoms with van der Waals surface area (Å²) in [4.78, 5) is 4.56. The van der Waals surface area contributed by atoms with Crippen molar-refractivity contribution in [2.24, 2.45) is 0 Å². The van der Waals surface area contributed by atoms with Crippen LogP contribution < -0.4 is 14.8 Å². The molecule has 2 rings (SSSR count). The summed E-state index contributed by atoms with van der Waals surface area (Å²) in [6.07, 6.45) is 0.812. The van der Waals surface area contributed by atoms with E-state index in [0.717, 1.165) is 46.1 Å². The van der Waals surface area contributed by atoms with Crippen molar-refractivity contribution < 1.29 is 9.47 Å². The Morgan fingerprint density at radius 1 is 1.08 bits per heavy atom. The molecule has 0 aliphatic rings. The summed E-state index contributed by atoms with van der Waals surface area (Å²) in [5.74, 6) is 2.22. The van der Waals surface area contributed by atoms with E-state index in [2.05, 4.69) is 10.3 Å². The molecule has 1 aromatic carbocycles. The van der Waals surface area contributed by atoms with Gasteiger partial charge in [0.2, 0.25) is 0 Å². The molecule has 1 aromatic heterocycles. The summed E-state index contributed by atoms with van der Waals surface area (Å²) in [5.41, 5.74) is 3.76. The van der Waals surface area contributed by atoms with Crippen molar-refractivity contribution in [3.05, 3.63) is 51.6 Å². The summed E-state index contributed by atoms with van der Waals surface area (Å²) in [6, 6.07) is 9.82. The Bertz CT molecular complexity index is 772. The van der Waals surface area contributed by atoms with Gasteiger partial charge in [-0.2, -0.15) is 0 Å². The van der Waals surface area contributed by atoms with E-state index in [0.29, 0.717) is 6.54 Å². The minimum Gasteiger partial charge on any atom is -0.493 e. The van der Waals surface area contributed by atoms with Gasteiger partial charge in [-0.3, -0.25) is 0 Å². The number of hydrogen-bond donors (Lipinski definition) is 1. The van der Waals surface area contributed by atoms with Crippen molar-refractivity contribution in [3.63, 3.8) is 0 Å². The lowest BCUT2D eigenvalue weighted by Gasteiger charge is -2.13. The van der Waals surface area contributed by atoms with Crippen molar-refractivity contribution in [3.8, 4) is 11.5 Å². The van der Waals surface area contributed by atoms with Gasteiger partial charge in [0.05, 0.1) is 14.2 Å². The molecule has 0 saturated heterocycles. The second-order valence-electron chi connectivity index (χ2n) is 5.60. The molecule has 0 aliphatic heterocycles. The van der Waals surface area contributed by atoms with Crippen LogP contribution in [0.3, 0.4) is 0 Å². The highest BCUT2D eigenvalue weighted by atomic mass is 35.5. The number of hydrogen-bond acceptors (Lipinski definition) is 4. The standard InChI is InChI=1S/C19H22Cl2N2O2/c1-12-5-7-15(13(2)18(20)21)19(23-12)22-10-9-14-6-8-16(24-3)17(11-14)25-4/h5-8,11H,9-10H2,1-4H3,(H,22,23). The highest BCUT2D eigenvalue weighted by Crippen LogP contribution is 2.29. The first kappa shape index (κ1) is 19.4. The lowest BCUT2D eigenvalue weighted by Crippen LogP contribution is -2.09. The zero-order chi connectivity index (χ0) is 18.4. The minimum atomic E-state index is 0.244. The van der Waals surface area contributed by atoms with E-state index in [-0.39, 0.29) is 4.49 Å². The molecule has 0 fully saturated rings. The van der Waals surface area contributed by atoms with Gasteiger partial charge in [0.25, 0.3) is 0 Å². The van der Waals surface area contributed by atoms with E-state index in [1.807, 2.05) is 44.2 Å². The molecule has 0 spiro atoms. The molecule has 2 aromatic rings. The molecule has 0 radical (unpaired) electrons. The highest BCUT2D eigenvalue weighted by molar-refractivity contribution is 6.58. The third-order valence-electron chi connectivity index (χ3n) is 3.88. The van der Waals surface area contributed by atoms with Gasteiger partial charge in [0, 0.05) is 17.8 Å². The van der Waals surface area contributed by atoms with Crippen molar-refractivity contribution >= 4 is 34.6 Å². The molecule has 25 heavy (non-hydrogen) atoms. The van der Waals surface area contributed by atoms with Crippen LogP contribution in [0.1, 0.15) is 23.7 Å². The van der Waals surface area contributed by atoms with Crippen LogP contribution in [0.5, 0.6) is 11.5 Å². The number of nitrogens with one attached hydrogen (secondary N) is 1. The molecule has 4 nitrogen and oxygen atoms in total. The number of ether oxygens (including phenoxy) is 2. The van der Waals surface area contributed by atoms with Crippen LogP contribution in [0.4, 0.5) is 5.82 Å². The fraction of sp³-hybridized carbons (Fsp3) is 0.316. The van der Waals surface area contributed by atoms with E-state index < -0.39 is 0 Å². The van der Waals surface area contributed by atoms with Crippen LogP contribution in [0.25, 0.3) is 5.57 Å². The lowest BCUT2D eigenvalue weighted by atomic mass is 10.1. The normalized spacial score (nSPS) is 10.3. The van der Waals surface area contributed by atoms with Crippen molar-refractivity contribution in [2.45, 2.75) is 20.3 Å². The van der Waals surface area contributed by atoms with Gasteiger partial charge in [-0.1, -0.05) is 29.3 Å². The van der Waals surface area contributed by atoms with Crippen molar-refractivity contribution in [1.29, 1.82) is 0 Å². The Morgan fingerprint density at radius 2 is 1.80 bits per heavy atom. The number of aryl methyl sites for hydroxylation is 1. The highest BCUT2D eigenvalue weighted by Gasteiger charge is 2.10. The van der Waals surface area contributed by atoms with E-state index in [4.69, 9.17) is 32.7 Å². The largest absolute Gasteiger partial charge is 0.493 e. The smallest absolute Gasteiger partial charge is 0.160 e. The molecule has 134 valence electrons. The summed E-state index contributed by atoms with van der Waals surface area (Å²) < 4.78 is 10.8. The average molecular weight is 381 g/mol. The maximum absolute atomic E-state index is 5.93. The summed E-state index contributed by atoms with van der Waals surface area (Å²) in [7, 11) is 3.26. The molecule has 0 amide bonds. The van der Waals surface area contributed by atoms with Crippen LogP contribution in [-0.2, 0) is 6.42 Å². The average Bonchev–Trinajstić information content (AvgIpc) is 2.61. The number of halogens is 2. The van der Waals surface area contributed by atoms with Crippen LogP contribution in [0.2, 0.25) is 0 Å². The van der Waals surface area contributed by atoms with Gasteiger partial charge in [-0.25, -0.2) is 4.98 Å². The molecule has 1 N–H and O–H groups in total. The van der Waals surface area contributed by atoms with Gasteiger partial charge in [-0.15, -0.1) is 0 Å². The number of benzene rings is 1. The van der Waals surface area contributed by atoms with Gasteiger partial charge in [0.15, 0.2) is 11.5 Å². The van der Waals surface area contributed by atoms with Crippen molar-refractivity contribution in [1.82, 2.24) is 4.98 Å². The molecule has 1 heterocycles. The van der Waals surface area contributed by atoms with Crippen LogP contribution in [0, 0.1) is 6.92 Å². The molecular formula is C19H22Cl2N2O2. The Labute approximate surface area is 158 Å². The monoisotopic (exact) mass is 380 g/mol. The SMILES string of the molecule is COc1ccc(CCNc2nc(C)ccc2C(C)=C(Cl)Cl)cc1OC. The maximum Gasteiger partial charge on any atom is 0.160 e. The number of pyridine rings is 1. The third kappa shape index (κ3) is 5.03. The van der Waals surface area contributed by atoms with E-state index in [1.165, 1.54) is 0 Å². The molecule has 6 heteroatoms. The predicted molar refractivity (Wildman–Crippen MR) is 105 cm³/mol. The van der Waals surface area contributed by atoms with Crippen LogP contribution in [0.15, 0.2) is 34.8 Å². The van der Waals surface area contributed by atoms with Gasteiger partial charge in [-0.05, 0) is 55.7 Å². The summed E-state index contributed by atoms with van der Waals surface area (Å²) in [6.45, 7) is 4.54. The molecular weight excluding hydrogens is 359 g/mol. The summed E-state index contributed by atoms with van der Waals surface area (Å²) >= 11 is 11.9. The Hall–Kier alpha value is -1.91. The maximum atomic E-state index is 5.93. The Morgan fingerprint density at radius 3 is 2.44 bits per heavy atom. The van der Waals surface area contributed by atoms with E-state index in [1.54, 1.807) is 14.2 Å². The number of rotatable bonds is 7. The number of allylic oxidation sites excluding steroid dienone is 1. The van der Waals surface area contributed by atoms with Crippen molar-refractivity contribution in [2.75, 3.05) is 26.1 Å². The quantitative estimate of drug-likeness (QED) is 0.714. The first-order valence-electron chi connectivity index (χ1n) is 7.91. The Kier molecular flexibility index (Phi) is 6.97. The number of nitrogens with zero attached hydrogens (tertiary/aromatic N) is 1. The topological polar surface area (TPSA) is 43.4 Å². The minimum absolute atomic E-state index is 0.244. The van der Waals surface area contributed by atoms with Gasteiger partial charge >= 0.3 is 0 Å². The van der Waals surface area contributed by atoms with E-state index >= 15 is 0 Å². The predicted octanol–water partition coefficient (Wildman–Crippen LogP) is 5.23. The number of methoxy groups -OCH3 is 2. The second-order valence-corrected chi connectivity index (χ2v) is 6.55. The molecule has 0 atom stereocenters. The zero-order valence-electron chi connectivity index (χ0n) is 14.8. The third-order valence-corrected chi connectivity index (χ3v) is 4.44. The van der Waals surface area contributed by atoms with Crippen LogP contribution >= 0.6 is 23.2 Å². The second kappa shape index (κ2) is 8.97. The number of aromatic nitrogens is 1.